The molecule has 6 heteroatoms. The first kappa shape index (κ1) is 18.4. The number of hydrogen-bond donors (Lipinski definition) is 2. The summed E-state index contributed by atoms with van der Waals surface area (Å²) in [6.07, 6.45) is 1.78. The van der Waals surface area contributed by atoms with E-state index in [0.29, 0.717) is 6.54 Å². The Morgan fingerprint density at radius 1 is 1.25 bits per heavy atom. The zero-order chi connectivity index (χ0) is 17.7. The van der Waals surface area contributed by atoms with Crippen LogP contribution in [0.15, 0.2) is 18.2 Å². The number of nitrogens with one attached hydrogen (secondary N) is 1. The third kappa shape index (κ3) is 5.32. The zero-order valence-electron chi connectivity index (χ0n) is 14.7. The summed E-state index contributed by atoms with van der Waals surface area (Å²) >= 11 is 0. The summed E-state index contributed by atoms with van der Waals surface area (Å²) in [5.74, 6) is -0.803. The molecule has 1 saturated heterocycles. The number of aryl methyl sites for hydroxylation is 2. The third-order valence-corrected chi connectivity index (χ3v) is 4.72. The molecule has 0 spiro atoms. The van der Waals surface area contributed by atoms with Crippen molar-refractivity contribution < 1.29 is 14.7 Å². The number of carbonyl (C=O) groups is 2. The lowest BCUT2D eigenvalue weighted by Gasteiger charge is -2.35. The van der Waals surface area contributed by atoms with Gasteiger partial charge in [0.05, 0.1) is 13.1 Å². The van der Waals surface area contributed by atoms with Crippen LogP contribution in [0.25, 0.3) is 0 Å². The molecule has 1 heterocycles. The molecular formula is C18H27N3O3. The van der Waals surface area contributed by atoms with Crippen molar-refractivity contribution in [1.29, 1.82) is 0 Å². The number of rotatable bonds is 6. The Kier molecular flexibility index (Phi) is 6.34. The molecule has 1 amide bonds. The molecular weight excluding hydrogens is 306 g/mol. The van der Waals surface area contributed by atoms with Crippen LogP contribution in [0.3, 0.4) is 0 Å². The van der Waals surface area contributed by atoms with Gasteiger partial charge in [-0.25, -0.2) is 0 Å². The highest BCUT2D eigenvalue weighted by molar-refractivity contribution is 5.92. The van der Waals surface area contributed by atoms with Gasteiger partial charge in [-0.3, -0.25) is 19.4 Å². The summed E-state index contributed by atoms with van der Waals surface area (Å²) in [6.45, 7) is 6.15. The minimum absolute atomic E-state index is 0.00408. The van der Waals surface area contributed by atoms with Gasteiger partial charge in [-0.05, 0) is 57.0 Å². The lowest BCUT2D eigenvalue weighted by Crippen LogP contribution is -2.46. The summed E-state index contributed by atoms with van der Waals surface area (Å²) < 4.78 is 0. The fraction of sp³-hybridized carbons (Fsp3) is 0.556. The summed E-state index contributed by atoms with van der Waals surface area (Å²) in [5, 5.41) is 11.8. The smallest absolute Gasteiger partial charge is 0.317 e. The van der Waals surface area contributed by atoms with Crippen molar-refractivity contribution in [3.05, 3.63) is 29.3 Å². The molecule has 0 unspecified atom stereocenters. The van der Waals surface area contributed by atoms with Crippen molar-refractivity contribution in [1.82, 2.24) is 9.80 Å². The predicted octanol–water partition coefficient (Wildman–Crippen LogP) is 1.72. The van der Waals surface area contributed by atoms with Crippen molar-refractivity contribution in [2.75, 3.05) is 38.5 Å². The Morgan fingerprint density at radius 3 is 2.50 bits per heavy atom. The topological polar surface area (TPSA) is 72.9 Å². The van der Waals surface area contributed by atoms with E-state index in [2.05, 4.69) is 10.2 Å². The molecule has 6 nitrogen and oxygen atoms in total. The van der Waals surface area contributed by atoms with Gasteiger partial charge in [0.1, 0.15) is 0 Å². The lowest BCUT2D eigenvalue weighted by atomic mass is 10.0. The molecule has 0 bridgehead atoms. The van der Waals surface area contributed by atoms with Gasteiger partial charge in [0.25, 0.3) is 0 Å². The molecule has 0 aliphatic carbocycles. The Bertz CT molecular complexity index is 595. The molecule has 0 atom stereocenters. The Morgan fingerprint density at radius 2 is 1.92 bits per heavy atom. The number of benzene rings is 1. The van der Waals surface area contributed by atoms with Crippen LogP contribution in [0.2, 0.25) is 0 Å². The molecule has 1 fully saturated rings. The Labute approximate surface area is 143 Å². The first-order chi connectivity index (χ1) is 11.3. The maximum Gasteiger partial charge on any atom is 0.317 e. The average Bonchev–Trinajstić information content (AvgIpc) is 2.51. The molecule has 1 aromatic rings. The molecule has 0 radical (unpaired) electrons. The predicted molar refractivity (Wildman–Crippen MR) is 94.3 cm³/mol. The second kappa shape index (κ2) is 8.26. The minimum Gasteiger partial charge on any atom is -0.480 e. The maximum atomic E-state index is 12.2. The van der Waals surface area contributed by atoms with E-state index >= 15 is 0 Å². The van der Waals surface area contributed by atoms with Crippen molar-refractivity contribution in [3.63, 3.8) is 0 Å². The van der Waals surface area contributed by atoms with Crippen molar-refractivity contribution in [2.45, 2.75) is 32.7 Å². The monoisotopic (exact) mass is 333 g/mol. The Hall–Kier alpha value is -1.92. The number of likely N-dealkylation sites (tertiary alicyclic amines) is 1. The number of piperidine rings is 1. The van der Waals surface area contributed by atoms with Crippen LogP contribution in [0.4, 0.5) is 5.69 Å². The third-order valence-electron chi connectivity index (χ3n) is 4.72. The highest BCUT2D eigenvalue weighted by atomic mass is 16.4. The second-order valence-corrected chi connectivity index (χ2v) is 6.66. The van der Waals surface area contributed by atoms with Crippen molar-refractivity contribution >= 4 is 17.6 Å². The van der Waals surface area contributed by atoms with Gasteiger partial charge in [-0.1, -0.05) is 6.07 Å². The van der Waals surface area contributed by atoms with E-state index in [1.165, 1.54) is 5.56 Å². The minimum atomic E-state index is -0.798. The Balaban J connectivity index is 1.77. The van der Waals surface area contributed by atoms with Crippen molar-refractivity contribution in [3.8, 4) is 0 Å². The zero-order valence-corrected chi connectivity index (χ0v) is 14.7. The molecule has 2 rings (SSSR count). The molecule has 0 saturated carbocycles. The first-order valence-corrected chi connectivity index (χ1v) is 8.36. The van der Waals surface area contributed by atoms with Gasteiger partial charge >= 0.3 is 5.97 Å². The van der Waals surface area contributed by atoms with Gasteiger partial charge < -0.3 is 10.4 Å². The van der Waals surface area contributed by atoms with Crippen LogP contribution in [-0.2, 0) is 9.59 Å². The molecule has 1 aromatic carbocycles. The first-order valence-electron chi connectivity index (χ1n) is 8.36. The van der Waals surface area contributed by atoms with E-state index in [0.717, 1.165) is 37.2 Å². The molecule has 1 aliphatic heterocycles. The van der Waals surface area contributed by atoms with Gasteiger partial charge in [0.15, 0.2) is 0 Å². The van der Waals surface area contributed by atoms with Crippen LogP contribution >= 0.6 is 0 Å². The van der Waals surface area contributed by atoms with Crippen molar-refractivity contribution in [2.24, 2.45) is 0 Å². The SMILES string of the molecule is Cc1ccc(NC(=O)CN2CCC(N(C)CC(=O)O)CC2)cc1C. The normalized spacial score (nSPS) is 16.3. The van der Waals surface area contributed by atoms with E-state index in [1.54, 1.807) is 0 Å². The van der Waals surface area contributed by atoms with Crippen LogP contribution in [0, 0.1) is 13.8 Å². The summed E-state index contributed by atoms with van der Waals surface area (Å²) in [6, 6.07) is 6.20. The van der Waals surface area contributed by atoms with E-state index in [1.807, 2.05) is 44.0 Å². The van der Waals surface area contributed by atoms with Gasteiger partial charge in [-0.2, -0.15) is 0 Å². The van der Waals surface area contributed by atoms with Gasteiger partial charge in [0.2, 0.25) is 5.91 Å². The standard InChI is InChI=1S/C18H27N3O3/c1-13-4-5-15(10-14(13)2)19-17(22)11-21-8-6-16(7-9-21)20(3)12-18(23)24/h4-5,10,16H,6-9,11-12H2,1-3H3,(H,19,22)(H,23,24). The number of carboxylic acids is 1. The number of aliphatic carboxylic acids is 1. The summed E-state index contributed by atoms with van der Waals surface area (Å²) in [4.78, 5) is 27.0. The molecule has 132 valence electrons. The average molecular weight is 333 g/mol. The molecule has 24 heavy (non-hydrogen) atoms. The number of amides is 1. The maximum absolute atomic E-state index is 12.2. The van der Waals surface area contributed by atoms with Crippen LogP contribution < -0.4 is 5.32 Å². The summed E-state index contributed by atoms with van der Waals surface area (Å²) in [7, 11) is 1.85. The fourth-order valence-electron chi connectivity index (χ4n) is 3.08. The summed E-state index contributed by atoms with van der Waals surface area (Å²) in [5.41, 5.74) is 3.20. The fourth-order valence-corrected chi connectivity index (χ4v) is 3.08. The number of anilines is 1. The number of carbonyl (C=O) groups excluding carboxylic acids is 1. The van der Waals surface area contributed by atoms with Gasteiger partial charge in [0, 0.05) is 24.8 Å². The number of nitrogens with zero attached hydrogens (tertiary/aromatic N) is 2. The molecule has 2 N–H and O–H groups in total. The number of carboxylic acid groups (broad SMARTS) is 1. The largest absolute Gasteiger partial charge is 0.480 e. The highest BCUT2D eigenvalue weighted by Crippen LogP contribution is 2.16. The van der Waals surface area contributed by atoms with Crippen LogP contribution in [0.1, 0.15) is 24.0 Å². The lowest BCUT2D eigenvalue weighted by molar-refractivity contribution is -0.138. The quantitative estimate of drug-likeness (QED) is 0.829. The molecule has 0 aromatic heterocycles. The van der Waals surface area contributed by atoms with E-state index in [-0.39, 0.29) is 18.5 Å². The van der Waals surface area contributed by atoms with E-state index in [4.69, 9.17) is 5.11 Å². The van der Waals surface area contributed by atoms with E-state index in [9.17, 15) is 9.59 Å². The number of hydrogen-bond acceptors (Lipinski definition) is 4. The second-order valence-electron chi connectivity index (χ2n) is 6.66. The van der Waals surface area contributed by atoms with Crippen LogP contribution in [-0.4, -0.2) is 66.1 Å². The molecule has 1 aliphatic rings. The van der Waals surface area contributed by atoms with Crippen LogP contribution in [0.5, 0.6) is 0 Å². The highest BCUT2D eigenvalue weighted by Gasteiger charge is 2.24. The number of likely N-dealkylation sites (N-methyl/N-ethyl adjacent to an activating group) is 1. The van der Waals surface area contributed by atoms with Gasteiger partial charge in [-0.15, -0.1) is 0 Å². The van der Waals surface area contributed by atoms with E-state index < -0.39 is 5.97 Å².